The standard InChI is InChI=1S/C15H13N3OS2/c1-10-7-8-12(20-10)14(19)16-9-13-17-18-15(21-13)11-5-3-2-4-6-11/h2-8H,9H2,1H3,(H,16,19). The molecular formula is C15H13N3OS2. The summed E-state index contributed by atoms with van der Waals surface area (Å²) in [6.45, 7) is 2.39. The van der Waals surface area contributed by atoms with Crippen molar-refractivity contribution >= 4 is 28.6 Å². The minimum absolute atomic E-state index is 0.0652. The van der Waals surface area contributed by atoms with Crippen LogP contribution in [-0.4, -0.2) is 16.1 Å². The van der Waals surface area contributed by atoms with Crippen LogP contribution in [0.4, 0.5) is 0 Å². The molecule has 0 saturated heterocycles. The maximum absolute atomic E-state index is 12.0. The van der Waals surface area contributed by atoms with Gasteiger partial charge in [-0.15, -0.1) is 21.5 Å². The van der Waals surface area contributed by atoms with Crippen LogP contribution in [0.5, 0.6) is 0 Å². The summed E-state index contributed by atoms with van der Waals surface area (Å²) in [5.41, 5.74) is 1.04. The van der Waals surface area contributed by atoms with Crippen LogP contribution in [0, 0.1) is 6.92 Å². The van der Waals surface area contributed by atoms with Gasteiger partial charge in [0.1, 0.15) is 10.0 Å². The summed E-state index contributed by atoms with van der Waals surface area (Å²) in [6.07, 6.45) is 0. The second-order valence-corrected chi connectivity index (χ2v) is 6.81. The number of amides is 1. The molecule has 0 fully saturated rings. The largest absolute Gasteiger partial charge is 0.345 e. The SMILES string of the molecule is Cc1ccc(C(=O)NCc2nnc(-c3ccccc3)s2)s1. The average Bonchev–Trinajstić information content (AvgIpc) is 3.15. The first kappa shape index (κ1) is 13.9. The summed E-state index contributed by atoms with van der Waals surface area (Å²) < 4.78 is 0. The summed E-state index contributed by atoms with van der Waals surface area (Å²) in [6, 6.07) is 13.7. The van der Waals surface area contributed by atoms with E-state index in [0.717, 1.165) is 25.3 Å². The molecule has 0 spiro atoms. The molecule has 0 saturated carbocycles. The number of nitrogens with zero attached hydrogens (tertiary/aromatic N) is 2. The Kier molecular flexibility index (Phi) is 4.08. The van der Waals surface area contributed by atoms with Gasteiger partial charge in [-0.1, -0.05) is 41.7 Å². The Morgan fingerprint density at radius 1 is 1.10 bits per heavy atom. The Hall–Kier alpha value is -2.05. The number of rotatable bonds is 4. The van der Waals surface area contributed by atoms with Crippen LogP contribution in [0.3, 0.4) is 0 Å². The van der Waals surface area contributed by atoms with E-state index in [1.807, 2.05) is 49.4 Å². The Bertz CT molecular complexity index is 749. The second kappa shape index (κ2) is 6.15. The summed E-state index contributed by atoms with van der Waals surface area (Å²) in [4.78, 5) is 13.8. The fraction of sp³-hybridized carbons (Fsp3) is 0.133. The van der Waals surface area contributed by atoms with E-state index < -0.39 is 0 Å². The molecule has 4 nitrogen and oxygen atoms in total. The molecule has 0 radical (unpaired) electrons. The lowest BCUT2D eigenvalue weighted by atomic mass is 10.2. The third kappa shape index (κ3) is 3.34. The molecule has 0 aliphatic rings. The van der Waals surface area contributed by atoms with Crippen molar-refractivity contribution in [3.05, 3.63) is 57.2 Å². The van der Waals surface area contributed by atoms with E-state index in [4.69, 9.17) is 0 Å². The van der Waals surface area contributed by atoms with Crippen LogP contribution in [0.25, 0.3) is 10.6 Å². The summed E-state index contributed by atoms with van der Waals surface area (Å²) >= 11 is 2.98. The van der Waals surface area contributed by atoms with E-state index in [2.05, 4.69) is 15.5 Å². The number of aromatic nitrogens is 2. The van der Waals surface area contributed by atoms with Crippen LogP contribution < -0.4 is 5.32 Å². The number of aryl methyl sites for hydroxylation is 1. The molecule has 2 heterocycles. The highest BCUT2D eigenvalue weighted by molar-refractivity contribution is 7.14. The molecule has 0 atom stereocenters. The van der Waals surface area contributed by atoms with Gasteiger partial charge in [0.05, 0.1) is 11.4 Å². The quantitative estimate of drug-likeness (QED) is 0.801. The van der Waals surface area contributed by atoms with Gasteiger partial charge in [0.15, 0.2) is 0 Å². The zero-order chi connectivity index (χ0) is 14.7. The summed E-state index contributed by atoms with van der Waals surface area (Å²) in [7, 11) is 0. The van der Waals surface area contributed by atoms with E-state index in [-0.39, 0.29) is 5.91 Å². The number of benzene rings is 1. The Balaban J connectivity index is 1.64. The highest BCUT2D eigenvalue weighted by atomic mass is 32.1. The first-order valence-corrected chi connectivity index (χ1v) is 8.08. The summed E-state index contributed by atoms with van der Waals surface area (Å²) in [5.74, 6) is -0.0652. The molecular weight excluding hydrogens is 302 g/mol. The molecule has 1 N–H and O–H groups in total. The molecule has 0 aliphatic carbocycles. The normalized spacial score (nSPS) is 10.5. The van der Waals surface area contributed by atoms with E-state index in [1.54, 1.807) is 0 Å². The van der Waals surface area contributed by atoms with Gasteiger partial charge in [-0.3, -0.25) is 4.79 Å². The van der Waals surface area contributed by atoms with Crippen molar-refractivity contribution in [1.82, 2.24) is 15.5 Å². The van der Waals surface area contributed by atoms with Gasteiger partial charge < -0.3 is 5.32 Å². The zero-order valence-corrected chi connectivity index (χ0v) is 13.0. The van der Waals surface area contributed by atoms with Crippen molar-refractivity contribution < 1.29 is 4.79 Å². The third-order valence-electron chi connectivity index (χ3n) is 2.85. The van der Waals surface area contributed by atoms with E-state index >= 15 is 0 Å². The fourth-order valence-corrected chi connectivity index (χ4v) is 3.39. The molecule has 3 aromatic rings. The van der Waals surface area contributed by atoms with Gasteiger partial charge in [0, 0.05) is 10.4 Å². The molecule has 106 valence electrons. The van der Waals surface area contributed by atoms with Crippen LogP contribution in [0.1, 0.15) is 19.6 Å². The van der Waals surface area contributed by atoms with E-state index in [0.29, 0.717) is 6.54 Å². The number of thiophene rings is 1. The van der Waals surface area contributed by atoms with Gasteiger partial charge >= 0.3 is 0 Å². The lowest BCUT2D eigenvalue weighted by molar-refractivity contribution is 0.0955. The van der Waals surface area contributed by atoms with Crippen molar-refractivity contribution in [2.45, 2.75) is 13.5 Å². The second-order valence-electron chi connectivity index (χ2n) is 4.46. The topological polar surface area (TPSA) is 54.9 Å². The van der Waals surface area contributed by atoms with Gasteiger partial charge in [0.2, 0.25) is 0 Å². The average molecular weight is 315 g/mol. The molecule has 0 bridgehead atoms. The molecule has 6 heteroatoms. The maximum Gasteiger partial charge on any atom is 0.261 e. The molecule has 0 aliphatic heterocycles. The molecule has 1 aromatic carbocycles. The summed E-state index contributed by atoms with van der Waals surface area (Å²) in [5, 5.41) is 12.8. The predicted octanol–water partition coefficient (Wildman–Crippen LogP) is 3.51. The van der Waals surface area contributed by atoms with Gasteiger partial charge in [-0.2, -0.15) is 0 Å². The number of nitrogens with one attached hydrogen (secondary N) is 1. The van der Waals surface area contributed by atoms with Crippen molar-refractivity contribution in [1.29, 1.82) is 0 Å². The first-order valence-electron chi connectivity index (χ1n) is 6.45. The van der Waals surface area contributed by atoms with Crippen molar-refractivity contribution in [2.75, 3.05) is 0 Å². The van der Waals surface area contributed by atoms with Crippen LogP contribution >= 0.6 is 22.7 Å². The van der Waals surface area contributed by atoms with Crippen LogP contribution in [0.2, 0.25) is 0 Å². The molecule has 1 amide bonds. The fourth-order valence-electron chi connectivity index (χ4n) is 1.82. The lowest BCUT2D eigenvalue weighted by Crippen LogP contribution is -2.21. The van der Waals surface area contributed by atoms with E-state index in [1.165, 1.54) is 22.7 Å². The highest BCUT2D eigenvalue weighted by Gasteiger charge is 2.10. The minimum atomic E-state index is -0.0652. The first-order chi connectivity index (χ1) is 10.2. The maximum atomic E-state index is 12.0. The van der Waals surface area contributed by atoms with Crippen molar-refractivity contribution in [2.24, 2.45) is 0 Å². The smallest absolute Gasteiger partial charge is 0.261 e. The number of carbonyl (C=O) groups is 1. The van der Waals surface area contributed by atoms with Gasteiger partial charge in [-0.05, 0) is 19.1 Å². The van der Waals surface area contributed by atoms with Crippen molar-refractivity contribution in [3.8, 4) is 10.6 Å². The Morgan fingerprint density at radius 2 is 1.90 bits per heavy atom. The molecule has 0 unspecified atom stereocenters. The zero-order valence-electron chi connectivity index (χ0n) is 11.4. The van der Waals surface area contributed by atoms with E-state index in [9.17, 15) is 4.79 Å². The molecule has 2 aromatic heterocycles. The van der Waals surface area contributed by atoms with Gasteiger partial charge in [-0.25, -0.2) is 0 Å². The minimum Gasteiger partial charge on any atom is -0.345 e. The van der Waals surface area contributed by atoms with Crippen LogP contribution in [0.15, 0.2) is 42.5 Å². The predicted molar refractivity (Wildman–Crippen MR) is 85.6 cm³/mol. The van der Waals surface area contributed by atoms with Gasteiger partial charge in [0.25, 0.3) is 5.91 Å². The third-order valence-corrected chi connectivity index (χ3v) is 4.82. The monoisotopic (exact) mass is 315 g/mol. The Labute approximate surface area is 130 Å². The van der Waals surface area contributed by atoms with Crippen molar-refractivity contribution in [3.63, 3.8) is 0 Å². The molecule has 21 heavy (non-hydrogen) atoms. The van der Waals surface area contributed by atoms with Crippen LogP contribution in [-0.2, 0) is 6.54 Å². The lowest BCUT2D eigenvalue weighted by Gasteiger charge is -1.99. The highest BCUT2D eigenvalue weighted by Crippen LogP contribution is 2.23. The Morgan fingerprint density at radius 3 is 2.62 bits per heavy atom. The number of hydrogen-bond donors (Lipinski definition) is 1. The number of carbonyl (C=O) groups excluding carboxylic acids is 1. The number of hydrogen-bond acceptors (Lipinski definition) is 5. The molecule has 3 rings (SSSR count).